The summed E-state index contributed by atoms with van der Waals surface area (Å²) in [5.41, 5.74) is 3.03. The second-order valence-electron chi connectivity index (χ2n) is 5.42. The molecule has 0 radical (unpaired) electrons. The standard InChI is InChI=1S/C15H22N2/c1-12-11-13-5-2-3-7-15(13)17(12)14-6-4-9-16-10-8-14/h2-3,5,7,12,14,16H,4,6,8-11H2,1H3. The van der Waals surface area contributed by atoms with Gasteiger partial charge in [-0.05, 0) is 57.3 Å². The topological polar surface area (TPSA) is 15.3 Å². The Labute approximate surface area is 104 Å². The zero-order chi connectivity index (χ0) is 11.7. The van der Waals surface area contributed by atoms with Crippen LogP contribution in [0.5, 0.6) is 0 Å². The summed E-state index contributed by atoms with van der Waals surface area (Å²) in [6, 6.07) is 10.4. The zero-order valence-corrected chi connectivity index (χ0v) is 10.7. The fourth-order valence-corrected chi connectivity index (χ4v) is 3.42. The third kappa shape index (κ3) is 2.06. The number of fused-ring (bicyclic) bond motifs is 1. The lowest BCUT2D eigenvalue weighted by Crippen LogP contribution is -2.40. The van der Waals surface area contributed by atoms with Crippen molar-refractivity contribution in [3.63, 3.8) is 0 Å². The number of rotatable bonds is 1. The average Bonchev–Trinajstić information content (AvgIpc) is 2.53. The van der Waals surface area contributed by atoms with Crippen molar-refractivity contribution in [2.45, 2.75) is 44.7 Å². The van der Waals surface area contributed by atoms with E-state index in [-0.39, 0.29) is 0 Å². The molecule has 0 aromatic heterocycles. The number of benzene rings is 1. The monoisotopic (exact) mass is 230 g/mol. The summed E-state index contributed by atoms with van der Waals surface area (Å²) < 4.78 is 0. The van der Waals surface area contributed by atoms with Gasteiger partial charge in [0.25, 0.3) is 0 Å². The van der Waals surface area contributed by atoms with E-state index in [0.717, 1.165) is 6.04 Å². The van der Waals surface area contributed by atoms with Crippen LogP contribution >= 0.6 is 0 Å². The van der Waals surface area contributed by atoms with Crippen LogP contribution in [0.25, 0.3) is 0 Å². The second kappa shape index (κ2) is 4.69. The van der Waals surface area contributed by atoms with Crippen LogP contribution in [0.4, 0.5) is 5.69 Å². The minimum Gasteiger partial charge on any atom is -0.365 e. The maximum absolute atomic E-state index is 3.51. The highest BCUT2D eigenvalue weighted by atomic mass is 15.2. The summed E-state index contributed by atoms with van der Waals surface area (Å²) >= 11 is 0. The van der Waals surface area contributed by atoms with Crippen molar-refractivity contribution in [3.05, 3.63) is 29.8 Å². The van der Waals surface area contributed by atoms with Crippen LogP contribution < -0.4 is 10.2 Å². The summed E-state index contributed by atoms with van der Waals surface area (Å²) in [6.07, 6.45) is 5.17. The maximum atomic E-state index is 3.51. The number of nitrogens with one attached hydrogen (secondary N) is 1. The molecule has 2 unspecified atom stereocenters. The summed E-state index contributed by atoms with van der Waals surface area (Å²) in [4.78, 5) is 2.68. The van der Waals surface area contributed by atoms with E-state index in [9.17, 15) is 0 Å². The Morgan fingerprint density at radius 3 is 3.00 bits per heavy atom. The Morgan fingerprint density at radius 2 is 2.06 bits per heavy atom. The summed E-state index contributed by atoms with van der Waals surface area (Å²) in [5.74, 6) is 0. The van der Waals surface area contributed by atoms with Crippen LogP contribution in [0.1, 0.15) is 31.7 Å². The molecule has 3 rings (SSSR count). The van der Waals surface area contributed by atoms with Gasteiger partial charge in [0.15, 0.2) is 0 Å². The first-order chi connectivity index (χ1) is 8.36. The van der Waals surface area contributed by atoms with Gasteiger partial charge >= 0.3 is 0 Å². The molecule has 2 heterocycles. The molecular weight excluding hydrogens is 208 g/mol. The van der Waals surface area contributed by atoms with Crippen LogP contribution in [0, 0.1) is 0 Å². The predicted octanol–water partition coefficient (Wildman–Crippen LogP) is 2.58. The Bertz CT molecular complexity index is 380. The number of para-hydroxylation sites is 1. The molecule has 0 saturated carbocycles. The molecule has 1 aromatic rings. The van der Waals surface area contributed by atoms with Crippen LogP contribution in [-0.2, 0) is 6.42 Å². The molecule has 2 aliphatic rings. The van der Waals surface area contributed by atoms with Gasteiger partial charge < -0.3 is 10.2 Å². The number of hydrogen-bond acceptors (Lipinski definition) is 2. The molecule has 1 fully saturated rings. The van der Waals surface area contributed by atoms with Crippen LogP contribution in [-0.4, -0.2) is 25.2 Å². The molecule has 2 heteroatoms. The highest BCUT2D eigenvalue weighted by Gasteiger charge is 2.31. The first kappa shape index (κ1) is 11.1. The highest BCUT2D eigenvalue weighted by molar-refractivity contribution is 5.60. The van der Waals surface area contributed by atoms with Crippen molar-refractivity contribution >= 4 is 5.69 Å². The van der Waals surface area contributed by atoms with Crippen LogP contribution in [0.15, 0.2) is 24.3 Å². The molecule has 2 nitrogen and oxygen atoms in total. The minimum absolute atomic E-state index is 0.676. The molecule has 0 aliphatic carbocycles. The van der Waals surface area contributed by atoms with Gasteiger partial charge in [0.2, 0.25) is 0 Å². The third-order valence-corrected chi connectivity index (χ3v) is 4.20. The van der Waals surface area contributed by atoms with E-state index in [1.165, 1.54) is 50.0 Å². The zero-order valence-electron chi connectivity index (χ0n) is 10.7. The molecule has 17 heavy (non-hydrogen) atoms. The van der Waals surface area contributed by atoms with Crippen LogP contribution in [0.2, 0.25) is 0 Å². The maximum Gasteiger partial charge on any atom is 0.0404 e. The minimum atomic E-state index is 0.676. The normalized spacial score (nSPS) is 28.9. The Hall–Kier alpha value is -1.02. The van der Waals surface area contributed by atoms with Crippen molar-refractivity contribution in [2.24, 2.45) is 0 Å². The van der Waals surface area contributed by atoms with E-state index >= 15 is 0 Å². The summed E-state index contributed by atoms with van der Waals surface area (Å²) in [5, 5.41) is 3.51. The van der Waals surface area contributed by atoms with Gasteiger partial charge in [-0.15, -0.1) is 0 Å². The first-order valence-electron chi connectivity index (χ1n) is 6.93. The average molecular weight is 230 g/mol. The Kier molecular flexibility index (Phi) is 3.06. The quantitative estimate of drug-likeness (QED) is 0.797. The van der Waals surface area contributed by atoms with Crippen molar-refractivity contribution < 1.29 is 0 Å². The molecular formula is C15H22N2. The molecule has 2 aliphatic heterocycles. The lowest BCUT2D eigenvalue weighted by molar-refractivity contribution is 0.502. The lowest BCUT2D eigenvalue weighted by atomic mass is 10.1. The fraction of sp³-hybridized carbons (Fsp3) is 0.600. The third-order valence-electron chi connectivity index (χ3n) is 4.20. The fourth-order valence-electron chi connectivity index (χ4n) is 3.42. The van der Waals surface area contributed by atoms with Crippen molar-refractivity contribution in [1.29, 1.82) is 0 Å². The largest absolute Gasteiger partial charge is 0.365 e. The van der Waals surface area contributed by atoms with E-state index in [0.29, 0.717) is 6.04 Å². The molecule has 1 saturated heterocycles. The Morgan fingerprint density at radius 1 is 1.18 bits per heavy atom. The molecule has 1 aromatic carbocycles. The van der Waals surface area contributed by atoms with E-state index < -0.39 is 0 Å². The molecule has 0 amide bonds. The summed E-state index contributed by atoms with van der Waals surface area (Å²) in [6.45, 7) is 4.74. The van der Waals surface area contributed by atoms with Crippen LogP contribution in [0.3, 0.4) is 0 Å². The molecule has 0 bridgehead atoms. The van der Waals surface area contributed by atoms with Crippen molar-refractivity contribution in [2.75, 3.05) is 18.0 Å². The number of hydrogen-bond donors (Lipinski definition) is 1. The second-order valence-corrected chi connectivity index (χ2v) is 5.42. The van der Waals surface area contributed by atoms with E-state index in [1.807, 2.05) is 0 Å². The molecule has 2 atom stereocenters. The van der Waals surface area contributed by atoms with Gasteiger partial charge in [-0.25, -0.2) is 0 Å². The lowest BCUT2D eigenvalue weighted by Gasteiger charge is -2.33. The van der Waals surface area contributed by atoms with Gasteiger partial charge in [0.05, 0.1) is 0 Å². The smallest absolute Gasteiger partial charge is 0.0404 e. The summed E-state index contributed by atoms with van der Waals surface area (Å²) in [7, 11) is 0. The Balaban J connectivity index is 1.86. The van der Waals surface area contributed by atoms with Gasteiger partial charge in [-0.2, -0.15) is 0 Å². The first-order valence-corrected chi connectivity index (χ1v) is 6.93. The predicted molar refractivity (Wildman–Crippen MR) is 72.6 cm³/mol. The van der Waals surface area contributed by atoms with Gasteiger partial charge in [0, 0.05) is 17.8 Å². The molecule has 92 valence electrons. The van der Waals surface area contributed by atoms with E-state index in [2.05, 4.69) is 41.4 Å². The van der Waals surface area contributed by atoms with Gasteiger partial charge in [-0.3, -0.25) is 0 Å². The van der Waals surface area contributed by atoms with E-state index in [1.54, 1.807) is 0 Å². The van der Waals surface area contributed by atoms with Crippen molar-refractivity contribution in [1.82, 2.24) is 5.32 Å². The number of anilines is 1. The van der Waals surface area contributed by atoms with Crippen molar-refractivity contribution in [3.8, 4) is 0 Å². The SMILES string of the molecule is CC1Cc2ccccc2N1C1CCCNCC1. The number of nitrogens with zero attached hydrogens (tertiary/aromatic N) is 1. The van der Waals surface area contributed by atoms with E-state index in [4.69, 9.17) is 0 Å². The molecule has 1 N–H and O–H groups in total. The van der Waals surface area contributed by atoms with Gasteiger partial charge in [0.1, 0.15) is 0 Å². The molecule has 0 spiro atoms. The highest BCUT2D eigenvalue weighted by Crippen LogP contribution is 2.35. The van der Waals surface area contributed by atoms with Gasteiger partial charge in [-0.1, -0.05) is 18.2 Å².